The summed E-state index contributed by atoms with van der Waals surface area (Å²) in [6.07, 6.45) is 0.555. The third-order valence-corrected chi connectivity index (χ3v) is 8.44. The fraction of sp³-hybridized carbons (Fsp3) is 0.278. The number of anilines is 2. The van der Waals surface area contributed by atoms with Crippen LogP contribution in [0.3, 0.4) is 0 Å². The summed E-state index contributed by atoms with van der Waals surface area (Å²) >= 11 is 0. The molecule has 1 N–H and O–H groups in total. The van der Waals surface area contributed by atoms with E-state index >= 15 is 0 Å². The fourth-order valence-electron chi connectivity index (χ4n) is 2.85. The molecule has 0 aliphatic carbocycles. The molecule has 1 saturated heterocycles. The van der Waals surface area contributed by atoms with Crippen LogP contribution in [0.25, 0.3) is 0 Å². The van der Waals surface area contributed by atoms with Gasteiger partial charge in [0.15, 0.2) is 9.84 Å². The molecule has 0 radical (unpaired) electrons. The first-order valence-corrected chi connectivity index (χ1v) is 11.7. The van der Waals surface area contributed by atoms with E-state index in [4.69, 9.17) is 0 Å². The number of hydrogen-bond donors (Lipinski definition) is 1. The first-order valence-electron chi connectivity index (χ1n) is 8.52. The summed E-state index contributed by atoms with van der Waals surface area (Å²) in [4.78, 5) is 12.2. The van der Waals surface area contributed by atoms with Crippen LogP contribution in [0.15, 0.2) is 53.4 Å². The van der Waals surface area contributed by atoms with E-state index in [1.54, 1.807) is 12.1 Å². The maximum Gasteiger partial charge on any atom is 0.242 e. The number of benzene rings is 2. The van der Waals surface area contributed by atoms with Crippen molar-refractivity contribution >= 4 is 37.1 Å². The molecule has 0 aromatic heterocycles. The van der Waals surface area contributed by atoms with Crippen molar-refractivity contribution in [3.8, 4) is 0 Å². The molecule has 1 aliphatic rings. The van der Waals surface area contributed by atoms with Crippen molar-refractivity contribution in [1.29, 1.82) is 0 Å². The number of hydrogen-bond acceptors (Lipinski definition) is 5. The molecule has 1 fully saturated rings. The summed E-state index contributed by atoms with van der Waals surface area (Å²) in [5, 5.41) is 1.12. The van der Waals surface area contributed by atoms with Crippen molar-refractivity contribution in [3.05, 3.63) is 54.3 Å². The predicted molar refractivity (Wildman–Crippen MR) is 104 cm³/mol. The second-order valence-electron chi connectivity index (χ2n) is 6.42. The van der Waals surface area contributed by atoms with Crippen LogP contribution in [0.5, 0.6) is 0 Å². The molecule has 1 unspecified atom stereocenters. The molecule has 1 amide bonds. The van der Waals surface area contributed by atoms with E-state index in [2.05, 4.69) is 5.32 Å². The summed E-state index contributed by atoms with van der Waals surface area (Å²) in [5.74, 6) is -1.22. The number of nitrogens with zero attached hydrogens (tertiary/aromatic N) is 1. The molecule has 1 atom stereocenters. The van der Waals surface area contributed by atoms with Gasteiger partial charge in [0, 0.05) is 12.2 Å². The number of rotatable bonds is 5. The van der Waals surface area contributed by atoms with E-state index in [0.717, 1.165) is 24.3 Å². The fourth-order valence-corrected chi connectivity index (χ4v) is 5.68. The van der Waals surface area contributed by atoms with Gasteiger partial charge >= 0.3 is 0 Å². The monoisotopic (exact) mass is 426 g/mol. The minimum atomic E-state index is -3.98. The highest BCUT2D eigenvalue weighted by Crippen LogP contribution is 2.25. The van der Waals surface area contributed by atoms with Gasteiger partial charge < -0.3 is 5.32 Å². The first kappa shape index (κ1) is 20.3. The number of nitrogens with one attached hydrogen (secondary N) is 1. The third kappa shape index (κ3) is 4.02. The Balaban J connectivity index is 1.73. The molecule has 0 bridgehead atoms. The van der Waals surface area contributed by atoms with E-state index in [1.165, 1.54) is 23.4 Å². The van der Waals surface area contributed by atoms with Crippen molar-refractivity contribution in [1.82, 2.24) is 0 Å². The van der Waals surface area contributed by atoms with E-state index in [1.807, 2.05) is 0 Å². The number of carbonyl (C=O) groups excluding carboxylic acids is 1. The van der Waals surface area contributed by atoms with E-state index in [0.29, 0.717) is 24.3 Å². The number of amides is 1. The number of carbonyl (C=O) groups is 1. The van der Waals surface area contributed by atoms with Crippen LogP contribution in [0.2, 0.25) is 0 Å². The molecule has 0 spiro atoms. The number of sulfone groups is 1. The minimum Gasteiger partial charge on any atom is -0.325 e. The van der Waals surface area contributed by atoms with E-state index < -0.39 is 36.8 Å². The van der Waals surface area contributed by atoms with Crippen molar-refractivity contribution in [2.75, 3.05) is 21.9 Å². The second-order valence-corrected chi connectivity index (χ2v) is 10.7. The van der Waals surface area contributed by atoms with Gasteiger partial charge in [-0.15, -0.1) is 0 Å². The van der Waals surface area contributed by atoms with Crippen molar-refractivity contribution < 1.29 is 26.0 Å². The van der Waals surface area contributed by atoms with Crippen LogP contribution in [0, 0.1) is 5.82 Å². The van der Waals surface area contributed by atoms with Crippen molar-refractivity contribution in [2.45, 2.75) is 23.5 Å². The molecule has 2 aromatic carbocycles. The zero-order valence-electron chi connectivity index (χ0n) is 15.0. The summed E-state index contributed by atoms with van der Waals surface area (Å²) in [6.45, 7) is 1.65. The normalized spacial score (nSPS) is 17.3. The summed E-state index contributed by atoms with van der Waals surface area (Å²) in [6, 6.07) is 10.4. The summed E-state index contributed by atoms with van der Waals surface area (Å²) in [7, 11) is -7.28. The Bertz CT molecular complexity index is 1080. The van der Waals surface area contributed by atoms with Gasteiger partial charge in [-0.3, -0.25) is 9.10 Å². The zero-order chi connectivity index (χ0) is 20.5. The Morgan fingerprint density at radius 3 is 2.25 bits per heavy atom. The number of sulfonamides is 1. The molecule has 7 nitrogen and oxygen atoms in total. The molecule has 0 saturated carbocycles. The lowest BCUT2D eigenvalue weighted by atomic mass is 10.2. The van der Waals surface area contributed by atoms with E-state index in [9.17, 15) is 26.0 Å². The van der Waals surface area contributed by atoms with E-state index in [-0.39, 0.29) is 10.6 Å². The van der Waals surface area contributed by atoms with Crippen LogP contribution in [0.1, 0.15) is 13.3 Å². The quantitative estimate of drug-likeness (QED) is 0.739. The Morgan fingerprint density at radius 2 is 1.71 bits per heavy atom. The van der Waals surface area contributed by atoms with Crippen molar-refractivity contribution in [2.24, 2.45) is 0 Å². The highest BCUT2D eigenvalue weighted by atomic mass is 32.2. The lowest BCUT2D eigenvalue weighted by Gasteiger charge is -2.18. The molecule has 10 heteroatoms. The first-order chi connectivity index (χ1) is 13.1. The second kappa shape index (κ2) is 7.51. The van der Waals surface area contributed by atoms with Crippen LogP contribution >= 0.6 is 0 Å². The molecular formula is C18H19FN2O5S2. The van der Waals surface area contributed by atoms with Gasteiger partial charge in [0.25, 0.3) is 0 Å². The van der Waals surface area contributed by atoms with Gasteiger partial charge in [-0.05, 0) is 61.9 Å². The average molecular weight is 426 g/mol. The summed E-state index contributed by atoms with van der Waals surface area (Å²) in [5.41, 5.74) is 0.828. The lowest BCUT2D eigenvalue weighted by Crippen LogP contribution is -2.32. The van der Waals surface area contributed by atoms with Crippen LogP contribution in [0.4, 0.5) is 15.8 Å². The lowest BCUT2D eigenvalue weighted by molar-refractivity contribution is -0.115. The largest absolute Gasteiger partial charge is 0.325 e. The standard InChI is InChI=1S/C18H19FN2O5S2/c1-13(28(25,26)17-9-3-14(19)4-10-17)18(22)20-15-5-7-16(8-6-15)21-11-2-12-27(21,23)24/h3-10,13H,2,11-12H2,1H3,(H,20,22). The Kier molecular flexibility index (Phi) is 5.44. The number of halogens is 1. The Hall–Kier alpha value is -2.46. The van der Waals surface area contributed by atoms with Crippen LogP contribution in [-0.4, -0.2) is 40.3 Å². The van der Waals surface area contributed by atoms with Gasteiger partial charge in [-0.25, -0.2) is 21.2 Å². The highest BCUT2D eigenvalue weighted by molar-refractivity contribution is 7.93. The smallest absolute Gasteiger partial charge is 0.242 e. The predicted octanol–water partition coefficient (Wildman–Crippen LogP) is 2.17. The van der Waals surface area contributed by atoms with Crippen LogP contribution < -0.4 is 9.62 Å². The van der Waals surface area contributed by atoms with Gasteiger partial charge in [-0.2, -0.15) is 0 Å². The molecule has 1 heterocycles. The molecule has 28 heavy (non-hydrogen) atoms. The van der Waals surface area contributed by atoms with Gasteiger partial charge in [0.05, 0.1) is 16.3 Å². The van der Waals surface area contributed by atoms with Crippen LogP contribution in [-0.2, 0) is 24.7 Å². The highest BCUT2D eigenvalue weighted by Gasteiger charge is 2.30. The van der Waals surface area contributed by atoms with Gasteiger partial charge in [0.2, 0.25) is 15.9 Å². The van der Waals surface area contributed by atoms with Gasteiger partial charge in [0.1, 0.15) is 11.1 Å². The molecule has 1 aliphatic heterocycles. The Morgan fingerprint density at radius 1 is 1.11 bits per heavy atom. The topological polar surface area (TPSA) is 101 Å². The SMILES string of the molecule is CC(C(=O)Nc1ccc(N2CCCS2(=O)=O)cc1)S(=O)(=O)c1ccc(F)cc1. The maximum atomic E-state index is 13.0. The summed E-state index contributed by atoms with van der Waals surface area (Å²) < 4.78 is 63.2. The van der Waals surface area contributed by atoms with Gasteiger partial charge in [-0.1, -0.05) is 0 Å². The molecule has 2 aromatic rings. The zero-order valence-corrected chi connectivity index (χ0v) is 16.6. The maximum absolute atomic E-state index is 13.0. The molecule has 150 valence electrons. The molecule has 3 rings (SSSR count). The molecular weight excluding hydrogens is 407 g/mol. The minimum absolute atomic E-state index is 0.101. The van der Waals surface area contributed by atoms with Crippen molar-refractivity contribution in [3.63, 3.8) is 0 Å². The average Bonchev–Trinajstić information content (AvgIpc) is 3.01. The third-order valence-electron chi connectivity index (χ3n) is 4.50. The Labute approximate surface area is 163 Å².